The lowest BCUT2D eigenvalue weighted by molar-refractivity contribution is -0.129. The molecule has 2 aliphatic carbocycles. The lowest BCUT2D eigenvalue weighted by Crippen LogP contribution is -2.30. The molecule has 0 saturated heterocycles. The lowest BCUT2D eigenvalue weighted by Gasteiger charge is -2.33. The smallest absolute Gasteiger partial charge is 0.139 e. The van der Waals surface area contributed by atoms with E-state index in [2.05, 4.69) is 13.8 Å². The fraction of sp³-hybridized carbons (Fsp3) is 0.938. The normalized spacial score (nSPS) is 31.7. The summed E-state index contributed by atoms with van der Waals surface area (Å²) in [7, 11) is 0. The van der Waals surface area contributed by atoms with Crippen molar-refractivity contribution in [2.75, 3.05) is 0 Å². The Hall–Kier alpha value is -0.330. The van der Waals surface area contributed by atoms with Crippen molar-refractivity contribution < 1.29 is 4.79 Å². The van der Waals surface area contributed by atoms with Crippen LogP contribution in [0.4, 0.5) is 0 Å². The third kappa shape index (κ3) is 3.33. The third-order valence-electron chi connectivity index (χ3n) is 5.07. The summed E-state index contributed by atoms with van der Waals surface area (Å²) < 4.78 is 0. The Morgan fingerprint density at radius 2 is 1.53 bits per heavy atom. The van der Waals surface area contributed by atoms with Crippen LogP contribution in [0.25, 0.3) is 0 Å². The Labute approximate surface area is 106 Å². The lowest BCUT2D eigenvalue weighted by atomic mass is 9.71. The van der Waals surface area contributed by atoms with Crippen LogP contribution in [0, 0.1) is 23.7 Å². The highest BCUT2D eigenvalue weighted by atomic mass is 16.1. The third-order valence-corrected chi connectivity index (χ3v) is 5.07. The highest BCUT2D eigenvalue weighted by Crippen LogP contribution is 2.37. The molecule has 0 N–H and O–H groups in total. The Bertz CT molecular complexity index is 250. The van der Waals surface area contributed by atoms with Gasteiger partial charge in [-0.1, -0.05) is 46.0 Å². The SMILES string of the molecule is CC(C)C1CCCC(C(=O)C2CCCCC2)C1. The highest BCUT2D eigenvalue weighted by molar-refractivity contribution is 5.83. The molecule has 1 nitrogen and oxygen atoms in total. The molecule has 0 aliphatic heterocycles. The maximum atomic E-state index is 12.5. The molecule has 0 bridgehead atoms. The minimum absolute atomic E-state index is 0.416. The molecule has 0 heterocycles. The molecule has 2 unspecified atom stereocenters. The Morgan fingerprint density at radius 1 is 0.882 bits per heavy atom. The van der Waals surface area contributed by atoms with Gasteiger partial charge in [-0.2, -0.15) is 0 Å². The average molecular weight is 236 g/mol. The van der Waals surface area contributed by atoms with E-state index in [0.717, 1.165) is 11.8 Å². The standard InChI is InChI=1S/C16H28O/c1-12(2)14-9-6-10-15(11-14)16(17)13-7-4-3-5-8-13/h12-15H,3-11H2,1-2H3. The van der Waals surface area contributed by atoms with Crippen molar-refractivity contribution in [3.8, 4) is 0 Å². The van der Waals surface area contributed by atoms with Crippen molar-refractivity contribution in [3.63, 3.8) is 0 Å². The summed E-state index contributed by atoms with van der Waals surface area (Å²) in [5.74, 6) is 3.05. The summed E-state index contributed by atoms with van der Waals surface area (Å²) >= 11 is 0. The number of Topliss-reactive ketones (excluding diaryl/α,β-unsaturated/α-hetero) is 1. The molecular weight excluding hydrogens is 208 g/mol. The van der Waals surface area contributed by atoms with Crippen LogP contribution in [-0.2, 0) is 4.79 Å². The van der Waals surface area contributed by atoms with Gasteiger partial charge in [0.15, 0.2) is 0 Å². The van der Waals surface area contributed by atoms with Crippen LogP contribution >= 0.6 is 0 Å². The first-order valence-corrected chi connectivity index (χ1v) is 7.72. The van der Waals surface area contributed by atoms with Gasteiger partial charge >= 0.3 is 0 Å². The number of rotatable bonds is 3. The van der Waals surface area contributed by atoms with E-state index in [0.29, 0.717) is 17.6 Å². The van der Waals surface area contributed by atoms with Crippen LogP contribution < -0.4 is 0 Å². The second-order valence-corrected chi connectivity index (χ2v) is 6.60. The van der Waals surface area contributed by atoms with E-state index in [1.165, 1.54) is 57.8 Å². The van der Waals surface area contributed by atoms with E-state index in [1.807, 2.05) is 0 Å². The van der Waals surface area contributed by atoms with Crippen molar-refractivity contribution in [2.24, 2.45) is 23.7 Å². The van der Waals surface area contributed by atoms with E-state index >= 15 is 0 Å². The summed E-state index contributed by atoms with van der Waals surface area (Å²) in [5.41, 5.74) is 0. The van der Waals surface area contributed by atoms with Crippen LogP contribution in [-0.4, -0.2) is 5.78 Å². The molecule has 1 heteroatoms. The quantitative estimate of drug-likeness (QED) is 0.700. The van der Waals surface area contributed by atoms with E-state index in [-0.39, 0.29) is 0 Å². The van der Waals surface area contributed by atoms with Gasteiger partial charge in [-0.05, 0) is 37.5 Å². The number of ketones is 1. The van der Waals surface area contributed by atoms with Crippen molar-refractivity contribution in [2.45, 2.75) is 71.6 Å². The monoisotopic (exact) mass is 236 g/mol. The Morgan fingerprint density at radius 3 is 2.18 bits per heavy atom. The first-order chi connectivity index (χ1) is 8.18. The van der Waals surface area contributed by atoms with Crippen LogP contribution in [0.3, 0.4) is 0 Å². The van der Waals surface area contributed by atoms with Gasteiger partial charge in [-0.15, -0.1) is 0 Å². The average Bonchev–Trinajstić information content (AvgIpc) is 2.39. The maximum Gasteiger partial charge on any atom is 0.139 e. The highest BCUT2D eigenvalue weighted by Gasteiger charge is 2.32. The van der Waals surface area contributed by atoms with Crippen LogP contribution in [0.1, 0.15) is 71.6 Å². The molecule has 0 radical (unpaired) electrons. The molecule has 2 fully saturated rings. The predicted molar refractivity (Wildman–Crippen MR) is 71.9 cm³/mol. The minimum Gasteiger partial charge on any atom is -0.299 e. The van der Waals surface area contributed by atoms with Gasteiger partial charge in [-0.25, -0.2) is 0 Å². The summed E-state index contributed by atoms with van der Waals surface area (Å²) in [6, 6.07) is 0. The van der Waals surface area contributed by atoms with Gasteiger partial charge in [0.1, 0.15) is 5.78 Å². The summed E-state index contributed by atoms with van der Waals surface area (Å²) in [5, 5.41) is 0. The molecule has 0 amide bonds. The Kier molecular flexibility index (Phi) is 4.64. The maximum absolute atomic E-state index is 12.5. The molecular formula is C16H28O. The van der Waals surface area contributed by atoms with Gasteiger partial charge in [0, 0.05) is 11.8 Å². The number of hydrogen-bond donors (Lipinski definition) is 0. The minimum atomic E-state index is 0.416. The van der Waals surface area contributed by atoms with Gasteiger partial charge in [-0.3, -0.25) is 4.79 Å². The second kappa shape index (κ2) is 6.02. The van der Waals surface area contributed by atoms with E-state index in [4.69, 9.17) is 0 Å². The predicted octanol–water partition coefficient (Wildman–Crippen LogP) is 4.60. The number of carbonyl (C=O) groups is 1. The molecule has 0 aromatic heterocycles. The van der Waals surface area contributed by atoms with Crippen LogP contribution in [0.5, 0.6) is 0 Å². The number of hydrogen-bond acceptors (Lipinski definition) is 1. The molecule has 0 spiro atoms. The molecule has 98 valence electrons. The molecule has 2 aliphatic rings. The van der Waals surface area contributed by atoms with Crippen LogP contribution in [0.15, 0.2) is 0 Å². The zero-order valence-electron chi connectivity index (χ0n) is 11.6. The van der Waals surface area contributed by atoms with Crippen LogP contribution in [0.2, 0.25) is 0 Å². The summed E-state index contributed by atoms with van der Waals surface area (Å²) in [4.78, 5) is 12.5. The zero-order valence-corrected chi connectivity index (χ0v) is 11.6. The molecule has 0 aromatic rings. The fourth-order valence-corrected chi connectivity index (χ4v) is 3.81. The van der Waals surface area contributed by atoms with Gasteiger partial charge < -0.3 is 0 Å². The van der Waals surface area contributed by atoms with Crippen molar-refractivity contribution in [3.05, 3.63) is 0 Å². The molecule has 2 saturated carbocycles. The van der Waals surface area contributed by atoms with E-state index in [9.17, 15) is 4.79 Å². The van der Waals surface area contributed by atoms with Gasteiger partial charge in [0.25, 0.3) is 0 Å². The summed E-state index contributed by atoms with van der Waals surface area (Å²) in [6.07, 6.45) is 11.3. The zero-order chi connectivity index (χ0) is 12.3. The molecule has 2 rings (SSSR count). The Balaban J connectivity index is 1.89. The van der Waals surface area contributed by atoms with Crippen molar-refractivity contribution in [1.82, 2.24) is 0 Å². The second-order valence-electron chi connectivity index (χ2n) is 6.60. The van der Waals surface area contributed by atoms with Crippen molar-refractivity contribution in [1.29, 1.82) is 0 Å². The molecule has 2 atom stereocenters. The number of carbonyl (C=O) groups excluding carboxylic acids is 1. The van der Waals surface area contributed by atoms with Gasteiger partial charge in [0.2, 0.25) is 0 Å². The molecule has 0 aromatic carbocycles. The largest absolute Gasteiger partial charge is 0.299 e. The van der Waals surface area contributed by atoms with E-state index < -0.39 is 0 Å². The van der Waals surface area contributed by atoms with Gasteiger partial charge in [0.05, 0.1) is 0 Å². The first-order valence-electron chi connectivity index (χ1n) is 7.72. The first kappa shape index (κ1) is 13.1. The van der Waals surface area contributed by atoms with Crippen molar-refractivity contribution >= 4 is 5.78 Å². The molecule has 17 heavy (non-hydrogen) atoms. The van der Waals surface area contributed by atoms with E-state index in [1.54, 1.807) is 0 Å². The fourth-order valence-electron chi connectivity index (χ4n) is 3.81. The summed E-state index contributed by atoms with van der Waals surface area (Å²) in [6.45, 7) is 4.64. The topological polar surface area (TPSA) is 17.1 Å².